The Kier molecular flexibility index (Phi) is 2.46. The van der Waals surface area contributed by atoms with E-state index in [-0.39, 0.29) is 0 Å². The second kappa shape index (κ2) is 3.94. The minimum absolute atomic E-state index is 0.675. The summed E-state index contributed by atoms with van der Waals surface area (Å²) in [5, 5.41) is 3.58. The predicted octanol–water partition coefficient (Wildman–Crippen LogP) is 0.736. The number of rotatable bonds is 4. The number of aromatic nitrogens is 2. The maximum absolute atomic E-state index is 4.01. The molecule has 2 N–H and O–H groups in total. The van der Waals surface area contributed by atoms with Crippen molar-refractivity contribution in [1.82, 2.24) is 20.2 Å². The maximum atomic E-state index is 4.01. The van der Waals surface area contributed by atoms with E-state index in [4.69, 9.17) is 0 Å². The molecule has 0 aromatic carbocycles. The highest BCUT2D eigenvalue weighted by atomic mass is 15.2. The zero-order valence-corrected chi connectivity index (χ0v) is 8.95. The van der Waals surface area contributed by atoms with Gasteiger partial charge in [0.05, 0.1) is 6.33 Å². The van der Waals surface area contributed by atoms with E-state index in [0.717, 1.165) is 12.6 Å². The van der Waals surface area contributed by atoms with Crippen molar-refractivity contribution >= 4 is 0 Å². The molecular weight excluding hydrogens is 188 g/mol. The molecule has 1 saturated heterocycles. The van der Waals surface area contributed by atoms with Gasteiger partial charge in [-0.3, -0.25) is 4.90 Å². The highest BCUT2D eigenvalue weighted by Gasteiger charge is 2.33. The summed E-state index contributed by atoms with van der Waals surface area (Å²) in [4.78, 5) is 9.76. The summed E-state index contributed by atoms with van der Waals surface area (Å²) >= 11 is 0. The van der Waals surface area contributed by atoms with E-state index in [9.17, 15) is 0 Å². The summed E-state index contributed by atoms with van der Waals surface area (Å²) in [5.74, 6) is 0. The van der Waals surface area contributed by atoms with E-state index in [2.05, 4.69) is 20.2 Å². The van der Waals surface area contributed by atoms with Crippen LogP contribution in [-0.2, 0) is 6.54 Å². The van der Waals surface area contributed by atoms with Crippen LogP contribution in [0.1, 0.15) is 25.0 Å². The molecule has 1 atom stereocenters. The first-order valence-electron chi connectivity index (χ1n) is 5.86. The number of imidazole rings is 1. The van der Waals surface area contributed by atoms with E-state index in [1.165, 1.54) is 38.0 Å². The van der Waals surface area contributed by atoms with Gasteiger partial charge in [0.2, 0.25) is 0 Å². The first-order chi connectivity index (χ1) is 7.42. The van der Waals surface area contributed by atoms with Gasteiger partial charge in [-0.25, -0.2) is 4.98 Å². The lowest BCUT2D eigenvalue weighted by atomic mass is 10.2. The Morgan fingerprint density at radius 2 is 2.40 bits per heavy atom. The lowest BCUT2D eigenvalue weighted by Crippen LogP contribution is -2.32. The normalized spacial score (nSPS) is 27.3. The number of hydrogen-bond acceptors (Lipinski definition) is 3. The van der Waals surface area contributed by atoms with Crippen LogP contribution in [0.2, 0.25) is 0 Å². The van der Waals surface area contributed by atoms with Crippen LogP contribution >= 0.6 is 0 Å². The smallest absolute Gasteiger partial charge is 0.0922 e. The molecule has 82 valence electrons. The maximum Gasteiger partial charge on any atom is 0.0922 e. The Balaban J connectivity index is 1.44. The molecule has 1 aromatic heterocycles. The first kappa shape index (κ1) is 9.36. The van der Waals surface area contributed by atoms with Gasteiger partial charge in [-0.2, -0.15) is 0 Å². The average molecular weight is 206 g/mol. The third-order valence-corrected chi connectivity index (χ3v) is 3.42. The molecular formula is C11H18N4. The Labute approximate surface area is 90.1 Å². The summed E-state index contributed by atoms with van der Waals surface area (Å²) < 4.78 is 0. The first-order valence-corrected chi connectivity index (χ1v) is 5.86. The van der Waals surface area contributed by atoms with Crippen LogP contribution in [0.5, 0.6) is 0 Å². The summed E-state index contributed by atoms with van der Waals surface area (Å²) in [7, 11) is 0. The number of H-pyrrole nitrogens is 1. The van der Waals surface area contributed by atoms with Gasteiger partial charge in [0, 0.05) is 43.6 Å². The lowest BCUT2D eigenvalue weighted by molar-refractivity contribution is 0.317. The molecule has 1 unspecified atom stereocenters. The molecule has 1 aliphatic carbocycles. The molecule has 15 heavy (non-hydrogen) atoms. The molecule has 2 aliphatic rings. The quantitative estimate of drug-likeness (QED) is 0.763. The molecule has 3 rings (SSSR count). The van der Waals surface area contributed by atoms with Crippen molar-refractivity contribution in [2.75, 3.05) is 13.1 Å². The van der Waals surface area contributed by atoms with Gasteiger partial charge in [-0.05, 0) is 19.3 Å². The number of likely N-dealkylation sites (tertiary alicyclic amines) is 1. The van der Waals surface area contributed by atoms with Crippen LogP contribution in [0, 0.1) is 0 Å². The molecule has 0 bridgehead atoms. The predicted molar refractivity (Wildman–Crippen MR) is 58.4 cm³/mol. The van der Waals surface area contributed by atoms with Crippen molar-refractivity contribution in [3.63, 3.8) is 0 Å². The molecule has 1 saturated carbocycles. The minimum atomic E-state index is 0.675. The summed E-state index contributed by atoms with van der Waals surface area (Å²) in [5.41, 5.74) is 1.18. The van der Waals surface area contributed by atoms with Gasteiger partial charge >= 0.3 is 0 Å². The molecule has 2 fully saturated rings. The van der Waals surface area contributed by atoms with Crippen LogP contribution in [0.15, 0.2) is 12.5 Å². The Morgan fingerprint density at radius 3 is 3.13 bits per heavy atom. The fourth-order valence-electron chi connectivity index (χ4n) is 2.36. The van der Waals surface area contributed by atoms with Crippen LogP contribution in [-0.4, -0.2) is 40.0 Å². The van der Waals surface area contributed by atoms with Crippen molar-refractivity contribution in [2.45, 2.75) is 37.9 Å². The molecule has 0 radical (unpaired) electrons. The van der Waals surface area contributed by atoms with Crippen LogP contribution < -0.4 is 5.32 Å². The molecule has 4 nitrogen and oxygen atoms in total. The summed E-state index contributed by atoms with van der Waals surface area (Å²) in [6.45, 7) is 3.44. The molecule has 0 spiro atoms. The third-order valence-electron chi connectivity index (χ3n) is 3.42. The summed E-state index contributed by atoms with van der Waals surface area (Å²) in [6, 6.07) is 1.60. The topological polar surface area (TPSA) is 44.0 Å². The van der Waals surface area contributed by atoms with Gasteiger partial charge in [0.15, 0.2) is 0 Å². The highest BCUT2D eigenvalue weighted by Crippen LogP contribution is 2.29. The zero-order valence-electron chi connectivity index (χ0n) is 8.95. The Bertz CT molecular complexity index is 304. The highest BCUT2D eigenvalue weighted by molar-refractivity contribution is 4.96. The van der Waals surface area contributed by atoms with Crippen LogP contribution in [0.25, 0.3) is 0 Å². The van der Waals surface area contributed by atoms with Gasteiger partial charge in [0.1, 0.15) is 0 Å². The zero-order chi connectivity index (χ0) is 10.1. The average Bonchev–Trinajstić information content (AvgIpc) is 2.82. The lowest BCUT2D eigenvalue weighted by Gasteiger charge is -2.15. The number of aromatic amines is 1. The second-order valence-electron chi connectivity index (χ2n) is 4.67. The van der Waals surface area contributed by atoms with E-state index in [0.29, 0.717) is 6.04 Å². The van der Waals surface area contributed by atoms with Crippen LogP contribution in [0.3, 0.4) is 0 Å². The summed E-state index contributed by atoms with van der Waals surface area (Å²) in [6.07, 6.45) is 7.77. The SMILES string of the molecule is c1ncc(CNC2CCN(C3CC3)C2)[nH]1. The van der Waals surface area contributed by atoms with Crippen molar-refractivity contribution in [3.05, 3.63) is 18.2 Å². The van der Waals surface area contributed by atoms with Gasteiger partial charge in [-0.15, -0.1) is 0 Å². The Morgan fingerprint density at radius 1 is 1.47 bits per heavy atom. The Hall–Kier alpha value is -0.870. The standard InChI is InChI=1S/C11H18N4/c1-2-11(1)15-4-3-9(7-15)13-6-10-5-12-8-14-10/h5,8-9,11,13H,1-4,6-7H2,(H,12,14). The van der Waals surface area contributed by atoms with E-state index >= 15 is 0 Å². The monoisotopic (exact) mass is 206 g/mol. The molecule has 1 aliphatic heterocycles. The number of nitrogens with zero attached hydrogens (tertiary/aromatic N) is 2. The molecule has 2 heterocycles. The number of hydrogen-bond donors (Lipinski definition) is 2. The van der Waals surface area contributed by atoms with Crippen LogP contribution in [0.4, 0.5) is 0 Å². The van der Waals surface area contributed by atoms with Crippen molar-refractivity contribution in [2.24, 2.45) is 0 Å². The van der Waals surface area contributed by atoms with Crippen molar-refractivity contribution < 1.29 is 0 Å². The minimum Gasteiger partial charge on any atom is -0.347 e. The van der Waals surface area contributed by atoms with Crippen molar-refractivity contribution in [1.29, 1.82) is 0 Å². The van der Waals surface area contributed by atoms with Crippen molar-refractivity contribution in [3.8, 4) is 0 Å². The molecule has 1 aromatic rings. The van der Waals surface area contributed by atoms with Gasteiger partial charge in [-0.1, -0.05) is 0 Å². The molecule has 0 amide bonds. The molecule has 4 heteroatoms. The third kappa shape index (κ3) is 2.21. The van der Waals surface area contributed by atoms with E-state index in [1.54, 1.807) is 6.33 Å². The van der Waals surface area contributed by atoms with Gasteiger partial charge in [0.25, 0.3) is 0 Å². The fourth-order valence-corrected chi connectivity index (χ4v) is 2.36. The number of nitrogens with one attached hydrogen (secondary N) is 2. The fraction of sp³-hybridized carbons (Fsp3) is 0.727. The largest absolute Gasteiger partial charge is 0.347 e. The van der Waals surface area contributed by atoms with E-state index < -0.39 is 0 Å². The van der Waals surface area contributed by atoms with Gasteiger partial charge < -0.3 is 10.3 Å². The second-order valence-corrected chi connectivity index (χ2v) is 4.67. The van der Waals surface area contributed by atoms with E-state index in [1.807, 2.05) is 6.20 Å².